The van der Waals surface area contributed by atoms with Gasteiger partial charge in [-0.05, 0) is 55.8 Å². The molecule has 25 heavy (non-hydrogen) atoms. The van der Waals surface area contributed by atoms with Crippen molar-refractivity contribution in [2.45, 2.75) is 68.5 Å². The van der Waals surface area contributed by atoms with Crippen molar-refractivity contribution >= 4 is 0 Å². The number of nitrogens with one attached hydrogen (secondary N) is 1. The molecular weight excluding hydrogens is 325 g/mol. The van der Waals surface area contributed by atoms with E-state index < -0.39 is 11.9 Å². The predicted molar refractivity (Wildman–Crippen MR) is 104 cm³/mol. The first kappa shape index (κ1) is 28.0. The monoisotopic (exact) mass is 360 g/mol. The average molecular weight is 361 g/mol. The smallest absolute Gasteiger partial charge is 0.387 e. The van der Waals surface area contributed by atoms with Gasteiger partial charge in [0.1, 0.15) is 5.69 Å². The Bertz CT molecular complexity index is 472. The van der Waals surface area contributed by atoms with Crippen LogP contribution in [0.5, 0.6) is 0 Å². The van der Waals surface area contributed by atoms with Crippen LogP contribution in [0.15, 0.2) is 41.8 Å². The molecule has 0 aromatic carbocycles. The van der Waals surface area contributed by atoms with E-state index in [2.05, 4.69) is 36.4 Å². The quantitative estimate of drug-likeness (QED) is 0.543. The Morgan fingerprint density at radius 1 is 0.920 bits per heavy atom. The van der Waals surface area contributed by atoms with Crippen molar-refractivity contribution in [3.8, 4) is 0 Å². The molecule has 0 fully saturated rings. The maximum absolute atomic E-state index is 11.9. The molecule has 1 aliphatic rings. The lowest BCUT2D eigenvalue weighted by Gasteiger charge is -2.08. The number of pyridine rings is 1. The molecule has 1 aliphatic heterocycles. The van der Waals surface area contributed by atoms with Gasteiger partial charge in [0.05, 0.1) is 0 Å². The summed E-state index contributed by atoms with van der Waals surface area (Å²) in [6, 6.07) is 2.54. The molecule has 2 nitrogen and oxygen atoms in total. The summed E-state index contributed by atoms with van der Waals surface area (Å²) in [5, 5.41) is 3.13. The molecule has 0 radical (unpaired) electrons. The van der Waals surface area contributed by atoms with E-state index in [1.54, 1.807) is 6.92 Å². The van der Waals surface area contributed by atoms with Crippen molar-refractivity contribution in [3.63, 3.8) is 0 Å². The zero-order chi connectivity index (χ0) is 20.5. The number of aromatic nitrogens is 1. The van der Waals surface area contributed by atoms with E-state index >= 15 is 0 Å². The van der Waals surface area contributed by atoms with E-state index in [0.717, 1.165) is 18.8 Å². The maximum atomic E-state index is 11.9. The van der Waals surface area contributed by atoms with Crippen LogP contribution in [0.25, 0.3) is 0 Å². The van der Waals surface area contributed by atoms with Crippen molar-refractivity contribution in [1.82, 2.24) is 10.3 Å². The van der Waals surface area contributed by atoms with Gasteiger partial charge in [-0.25, -0.2) is 0 Å². The Morgan fingerprint density at radius 2 is 1.44 bits per heavy atom. The number of rotatable bonds is 0. The third kappa shape index (κ3) is 14.3. The Kier molecular flexibility index (Phi) is 19.1. The van der Waals surface area contributed by atoms with Crippen LogP contribution < -0.4 is 5.32 Å². The lowest BCUT2D eigenvalue weighted by molar-refractivity contribution is -0.141. The molecule has 1 N–H and O–H groups in total. The average Bonchev–Trinajstić information content (AvgIpc) is 2.63. The van der Waals surface area contributed by atoms with Gasteiger partial charge in [0, 0.05) is 12.7 Å². The second-order valence-corrected chi connectivity index (χ2v) is 4.34. The lowest BCUT2D eigenvalue weighted by atomic mass is 10.1. The van der Waals surface area contributed by atoms with E-state index in [9.17, 15) is 13.2 Å². The van der Waals surface area contributed by atoms with Gasteiger partial charge in [-0.15, -0.1) is 0 Å². The van der Waals surface area contributed by atoms with Crippen LogP contribution in [-0.2, 0) is 6.18 Å². The van der Waals surface area contributed by atoms with Gasteiger partial charge >= 0.3 is 6.18 Å². The highest BCUT2D eigenvalue weighted by molar-refractivity contribution is 5.29. The molecule has 0 atom stereocenters. The molecule has 5 heteroatoms. The Morgan fingerprint density at radius 3 is 1.72 bits per heavy atom. The molecule has 0 saturated carbocycles. The second-order valence-electron chi connectivity index (χ2n) is 4.34. The van der Waals surface area contributed by atoms with Crippen molar-refractivity contribution in [2.75, 3.05) is 6.54 Å². The highest BCUT2D eigenvalue weighted by atomic mass is 19.4. The zero-order valence-corrected chi connectivity index (χ0v) is 17.2. The maximum Gasteiger partial charge on any atom is 0.433 e. The van der Waals surface area contributed by atoms with E-state index in [0.29, 0.717) is 5.56 Å². The molecule has 2 heterocycles. The fourth-order valence-electron chi connectivity index (χ4n) is 1.39. The Labute approximate surface area is 152 Å². The highest BCUT2D eigenvalue weighted by Gasteiger charge is 2.31. The van der Waals surface area contributed by atoms with Crippen LogP contribution >= 0.6 is 0 Å². The zero-order valence-electron chi connectivity index (χ0n) is 17.2. The molecule has 1 aromatic rings. The minimum absolute atomic E-state index is 0.562. The third-order valence-electron chi connectivity index (χ3n) is 2.67. The fraction of sp³-hybridized carbons (Fsp3) is 0.550. The van der Waals surface area contributed by atoms with Crippen LogP contribution in [-0.4, -0.2) is 11.5 Å². The molecule has 0 amide bonds. The number of hydrogen-bond donors (Lipinski definition) is 1. The SMILES string of the molecule is CC.CC.CC.CC1=CCNC=C1C.Cc1ccnc(C(F)(F)F)c1. The van der Waals surface area contributed by atoms with Crippen molar-refractivity contribution in [3.05, 3.63) is 53.0 Å². The normalized spacial score (nSPS) is 11.8. The standard InChI is InChI=1S/C7H6F3N.C7H11N.3C2H6/c1-5-2-3-11-6(4-5)7(8,9)10;1-6-3-4-8-5-7(6)2;3*1-2/h2-4H,1H3;3,5,8H,4H2,1-2H3;3*1-2H3. The van der Waals surface area contributed by atoms with Gasteiger partial charge < -0.3 is 5.32 Å². The Hall–Kier alpha value is -1.78. The minimum Gasteiger partial charge on any atom is -0.387 e. The summed E-state index contributed by atoms with van der Waals surface area (Å²) in [6.07, 6.45) is 1.06. The molecule has 0 saturated heterocycles. The number of halogens is 3. The first-order chi connectivity index (χ1) is 11.8. The van der Waals surface area contributed by atoms with Gasteiger partial charge in [0.25, 0.3) is 0 Å². The van der Waals surface area contributed by atoms with Crippen LogP contribution in [0.3, 0.4) is 0 Å². The van der Waals surface area contributed by atoms with Gasteiger partial charge in [-0.1, -0.05) is 47.6 Å². The predicted octanol–water partition coefficient (Wildman–Crippen LogP) is 6.93. The lowest BCUT2D eigenvalue weighted by Crippen LogP contribution is -2.10. The fourth-order valence-corrected chi connectivity index (χ4v) is 1.39. The number of hydrogen-bond acceptors (Lipinski definition) is 2. The molecule has 146 valence electrons. The molecule has 0 bridgehead atoms. The summed E-state index contributed by atoms with van der Waals surface area (Å²) in [6.45, 7) is 18.8. The van der Waals surface area contributed by atoms with Crippen molar-refractivity contribution < 1.29 is 13.2 Å². The Balaban J connectivity index is -0.000000305. The van der Waals surface area contributed by atoms with E-state index in [-0.39, 0.29) is 0 Å². The van der Waals surface area contributed by atoms with Crippen LogP contribution in [0.2, 0.25) is 0 Å². The third-order valence-corrected chi connectivity index (χ3v) is 2.67. The number of dihydropyridines is 1. The summed E-state index contributed by atoms with van der Waals surface area (Å²) >= 11 is 0. The van der Waals surface area contributed by atoms with Crippen LogP contribution in [0.4, 0.5) is 13.2 Å². The van der Waals surface area contributed by atoms with Gasteiger partial charge in [0.2, 0.25) is 0 Å². The molecule has 0 aliphatic carbocycles. The topological polar surface area (TPSA) is 24.9 Å². The number of alkyl halides is 3. The largest absolute Gasteiger partial charge is 0.433 e. The number of nitrogens with zero attached hydrogens (tertiary/aromatic N) is 1. The first-order valence-corrected chi connectivity index (χ1v) is 8.88. The highest BCUT2D eigenvalue weighted by Crippen LogP contribution is 2.27. The number of allylic oxidation sites excluding steroid dienone is 2. The summed E-state index contributed by atoms with van der Waals surface area (Å²) in [5.41, 5.74) is 2.46. The van der Waals surface area contributed by atoms with Crippen molar-refractivity contribution in [1.29, 1.82) is 0 Å². The molecule has 1 aromatic heterocycles. The summed E-state index contributed by atoms with van der Waals surface area (Å²) in [7, 11) is 0. The van der Waals surface area contributed by atoms with Gasteiger partial charge in [-0.3, -0.25) is 4.98 Å². The molecule has 0 spiro atoms. The molecular formula is C20H35F3N2. The van der Waals surface area contributed by atoms with Crippen LogP contribution in [0.1, 0.15) is 66.6 Å². The minimum atomic E-state index is -4.33. The molecule has 2 rings (SSSR count). The van der Waals surface area contributed by atoms with Gasteiger partial charge in [-0.2, -0.15) is 13.2 Å². The van der Waals surface area contributed by atoms with E-state index in [1.807, 2.05) is 41.5 Å². The number of aryl methyl sites for hydroxylation is 1. The second kappa shape index (κ2) is 17.1. The first-order valence-electron chi connectivity index (χ1n) is 8.88. The summed E-state index contributed by atoms with van der Waals surface area (Å²) < 4.78 is 35.7. The van der Waals surface area contributed by atoms with E-state index in [1.165, 1.54) is 17.2 Å². The van der Waals surface area contributed by atoms with Gasteiger partial charge in [0.15, 0.2) is 0 Å². The molecule has 0 unspecified atom stereocenters. The van der Waals surface area contributed by atoms with Crippen molar-refractivity contribution in [2.24, 2.45) is 0 Å². The summed E-state index contributed by atoms with van der Waals surface area (Å²) in [5.74, 6) is 0. The summed E-state index contributed by atoms with van der Waals surface area (Å²) in [4.78, 5) is 3.19. The van der Waals surface area contributed by atoms with E-state index in [4.69, 9.17) is 0 Å². The van der Waals surface area contributed by atoms with Crippen LogP contribution in [0, 0.1) is 6.92 Å².